The number of halogens is 1. The molecule has 1 atom stereocenters. The summed E-state index contributed by atoms with van der Waals surface area (Å²) in [6.07, 6.45) is 0.192. The van der Waals surface area contributed by atoms with Gasteiger partial charge in [-0.15, -0.1) is 0 Å². The van der Waals surface area contributed by atoms with Crippen molar-refractivity contribution in [2.45, 2.75) is 18.9 Å². The first kappa shape index (κ1) is 16.6. The molecule has 1 aliphatic rings. The molecule has 1 heterocycles. The number of carbonyl (C=O) groups is 2. The van der Waals surface area contributed by atoms with E-state index in [1.54, 1.807) is 37.3 Å². The maximum atomic E-state index is 13.3. The van der Waals surface area contributed by atoms with E-state index in [4.69, 9.17) is 10.6 Å². The summed E-state index contributed by atoms with van der Waals surface area (Å²) in [6, 6.07) is 12.2. The lowest BCUT2D eigenvalue weighted by molar-refractivity contribution is -0.135. The summed E-state index contributed by atoms with van der Waals surface area (Å²) in [5.41, 5.74) is 5.76. The molecule has 1 unspecified atom stereocenters. The molecule has 1 aliphatic heterocycles. The van der Waals surface area contributed by atoms with E-state index in [1.807, 2.05) is 0 Å². The van der Waals surface area contributed by atoms with Gasteiger partial charge in [-0.2, -0.15) is 0 Å². The summed E-state index contributed by atoms with van der Waals surface area (Å²) in [4.78, 5) is 29.1. The van der Waals surface area contributed by atoms with Crippen LogP contribution < -0.4 is 11.1 Å². The highest BCUT2D eigenvalue weighted by molar-refractivity contribution is 6.08. The van der Waals surface area contributed by atoms with Crippen molar-refractivity contribution >= 4 is 23.2 Å². The number of hydrogen-bond donors (Lipinski definition) is 2. The second-order valence-electron chi connectivity index (χ2n) is 5.95. The Morgan fingerprint density at radius 2 is 2.00 bits per heavy atom. The maximum absolute atomic E-state index is 13.3. The molecule has 0 saturated carbocycles. The largest absolute Gasteiger partial charge is 0.379 e. The molecule has 3 N–H and O–H groups in total. The van der Waals surface area contributed by atoms with Gasteiger partial charge < -0.3 is 15.9 Å². The van der Waals surface area contributed by atoms with Crippen molar-refractivity contribution in [1.29, 1.82) is 0 Å². The average Bonchev–Trinajstić information content (AvgIpc) is 2.99. The fourth-order valence-corrected chi connectivity index (χ4v) is 2.50. The van der Waals surface area contributed by atoms with Gasteiger partial charge in [0.1, 0.15) is 5.82 Å². The van der Waals surface area contributed by atoms with Crippen LogP contribution in [0.3, 0.4) is 0 Å². The van der Waals surface area contributed by atoms with Crippen LogP contribution in [0.5, 0.6) is 0 Å². The number of nitrogens with one attached hydrogen (secondary N) is 1. The fraction of sp³-hybridized carbons (Fsp3) is 0.167. The van der Waals surface area contributed by atoms with E-state index in [9.17, 15) is 14.0 Å². The molecule has 0 spiro atoms. The molecule has 0 bridgehead atoms. The lowest BCUT2D eigenvalue weighted by atomic mass is 9.95. The van der Waals surface area contributed by atoms with Gasteiger partial charge in [0.05, 0.1) is 5.71 Å². The number of oxime groups is 1. The monoisotopic (exact) mass is 341 g/mol. The Morgan fingerprint density at radius 1 is 1.24 bits per heavy atom. The number of carbonyl (C=O) groups excluding carboxylic acids is 2. The standard InChI is InChI=1S/C18H16FN3O3/c1-18(10-15(22-25-18)11-4-2-6-13(19)8-11)17(24)21-14-7-3-5-12(9-14)16(20)23/h2-9H,10H2,1H3,(H2,20,23)(H,21,24). The fourth-order valence-electron chi connectivity index (χ4n) is 2.50. The normalized spacial score (nSPS) is 19.0. The zero-order chi connectivity index (χ0) is 18.0. The highest BCUT2D eigenvalue weighted by atomic mass is 19.1. The first-order chi connectivity index (χ1) is 11.9. The third-order valence-electron chi connectivity index (χ3n) is 3.91. The zero-order valence-electron chi connectivity index (χ0n) is 13.5. The summed E-state index contributed by atoms with van der Waals surface area (Å²) in [5, 5.41) is 6.61. The van der Waals surface area contributed by atoms with E-state index in [2.05, 4.69) is 10.5 Å². The van der Waals surface area contributed by atoms with Gasteiger partial charge in [-0.05, 0) is 37.3 Å². The average molecular weight is 341 g/mol. The Kier molecular flexibility index (Phi) is 4.22. The van der Waals surface area contributed by atoms with Crippen LogP contribution in [0.25, 0.3) is 0 Å². The molecule has 0 aliphatic carbocycles. The van der Waals surface area contributed by atoms with Gasteiger partial charge in [0.25, 0.3) is 5.91 Å². The maximum Gasteiger partial charge on any atom is 0.271 e. The summed E-state index contributed by atoms with van der Waals surface area (Å²) in [6.45, 7) is 1.59. The molecule has 0 fully saturated rings. The lowest BCUT2D eigenvalue weighted by Crippen LogP contribution is -2.40. The summed E-state index contributed by atoms with van der Waals surface area (Å²) in [7, 11) is 0. The molecule has 3 rings (SSSR count). The summed E-state index contributed by atoms with van der Waals surface area (Å²) in [5.74, 6) is -1.40. The van der Waals surface area contributed by atoms with Gasteiger partial charge in [0, 0.05) is 23.2 Å². The Bertz CT molecular complexity index is 881. The first-order valence-electron chi connectivity index (χ1n) is 7.60. The quantitative estimate of drug-likeness (QED) is 0.894. The topological polar surface area (TPSA) is 93.8 Å². The van der Waals surface area contributed by atoms with Crippen molar-refractivity contribution < 1.29 is 18.8 Å². The third-order valence-corrected chi connectivity index (χ3v) is 3.91. The Morgan fingerprint density at radius 3 is 2.72 bits per heavy atom. The lowest BCUT2D eigenvalue weighted by Gasteiger charge is -2.20. The molecule has 128 valence electrons. The van der Waals surface area contributed by atoms with Crippen LogP contribution in [0.1, 0.15) is 29.3 Å². The van der Waals surface area contributed by atoms with Crippen LogP contribution in [0.15, 0.2) is 53.7 Å². The minimum absolute atomic E-state index is 0.192. The van der Waals surface area contributed by atoms with E-state index in [0.717, 1.165) is 0 Å². The van der Waals surface area contributed by atoms with Crippen LogP contribution in [0, 0.1) is 5.82 Å². The van der Waals surface area contributed by atoms with E-state index < -0.39 is 17.4 Å². The number of nitrogens with zero attached hydrogens (tertiary/aromatic N) is 1. The molecule has 2 aromatic carbocycles. The highest BCUT2D eigenvalue weighted by Gasteiger charge is 2.42. The Balaban J connectivity index is 1.73. The Labute approximate surface area is 143 Å². The van der Waals surface area contributed by atoms with Crippen LogP contribution in [-0.4, -0.2) is 23.1 Å². The second-order valence-corrected chi connectivity index (χ2v) is 5.95. The number of hydrogen-bond acceptors (Lipinski definition) is 4. The van der Waals surface area contributed by atoms with Gasteiger partial charge in [0.15, 0.2) is 0 Å². The molecule has 2 aromatic rings. The smallest absolute Gasteiger partial charge is 0.271 e. The van der Waals surface area contributed by atoms with Crippen molar-refractivity contribution in [1.82, 2.24) is 0 Å². The predicted molar refractivity (Wildman–Crippen MR) is 90.6 cm³/mol. The molecule has 2 amide bonds. The van der Waals surface area contributed by atoms with Crippen molar-refractivity contribution in [3.63, 3.8) is 0 Å². The number of rotatable bonds is 4. The molecule has 7 heteroatoms. The highest BCUT2D eigenvalue weighted by Crippen LogP contribution is 2.28. The van der Waals surface area contributed by atoms with E-state index in [-0.39, 0.29) is 17.8 Å². The zero-order valence-corrected chi connectivity index (χ0v) is 13.5. The minimum atomic E-state index is -1.23. The van der Waals surface area contributed by atoms with Crippen molar-refractivity contribution in [3.05, 3.63) is 65.5 Å². The minimum Gasteiger partial charge on any atom is -0.379 e. The molecule has 0 radical (unpaired) electrons. The number of amides is 2. The van der Waals surface area contributed by atoms with Crippen LogP contribution in [0.4, 0.5) is 10.1 Å². The van der Waals surface area contributed by atoms with Gasteiger partial charge in [-0.1, -0.05) is 23.4 Å². The molecule has 6 nitrogen and oxygen atoms in total. The summed E-state index contributed by atoms with van der Waals surface area (Å²) < 4.78 is 13.3. The van der Waals surface area contributed by atoms with E-state index in [0.29, 0.717) is 17.0 Å². The third kappa shape index (κ3) is 3.50. The van der Waals surface area contributed by atoms with E-state index >= 15 is 0 Å². The SMILES string of the molecule is CC1(C(=O)Nc2cccc(C(N)=O)c2)CC(c2cccc(F)c2)=NO1. The van der Waals surface area contributed by atoms with Gasteiger partial charge in [0.2, 0.25) is 11.5 Å². The summed E-state index contributed by atoms with van der Waals surface area (Å²) >= 11 is 0. The molecular formula is C18H16FN3O3. The van der Waals surface area contributed by atoms with Gasteiger partial charge in [-0.3, -0.25) is 9.59 Å². The first-order valence-corrected chi connectivity index (χ1v) is 7.60. The molecule has 0 saturated heterocycles. The molecular weight excluding hydrogens is 325 g/mol. The van der Waals surface area contributed by atoms with Crippen molar-refractivity contribution in [2.24, 2.45) is 10.9 Å². The van der Waals surface area contributed by atoms with Crippen LogP contribution in [-0.2, 0) is 9.63 Å². The Hall–Kier alpha value is -3.22. The number of primary amides is 1. The number of anilines is 1. The predicted octanol–water partition coefficient (Wildman–Crippen LogP) is 2.45. The molecule has 0 aromatic heterocycles. The molecule has 25 heavy (non-hydrogen) atoms. The second kappa shape index (κ2) is 6.35. The van der Waals surface area contributed by atoms with Crippen molar-refractivity contribution in [2.75, 3.05) is 5.32 Å². The van der Waals surface area contributed by atoms with Crippen LogP contribution in [0.2, 0.25) is 0 Å². The number of nitrogens with two attached hydrogens (primary N) is 1. The van der Waals surface area contributed by atoms with E-state index in [1.165, 1.54) is 18.2 Å². The van der Waals surface area contributed by atoms with Gasteiger partial charge >= 0.3 is 0 Å². The van der Waals surface area contributed by atoms with Gasteiger partial charge in [-0.25, -0.2) is 4.39 Å². The number of benzene rings is 2. The van der Waals surface area contributed by atoms with Crippen LogP contribution >= 0.6 is 0 Å². The van der Waals surface area contributed by atoms with Crippen molar-refractivity contribution in [3.8, 4) is 0 Å².